The molecule has 1 aliphatic rings. The van der Waals surface area contributed by atoms with Crippen molar-refractivity contribution in [3.63, 3.8) is 0 Å². The molecule has 0 saturated carbocycles. The van der Waals surface area contributed by atoms with E-state index in [0.717, 1.165) is 11.3 Å². The zero-order valence-electron chi connectivity index (χ0n) is 21.8. The van der Waals surface area contributed by atoms with Crippen molar-refractivity contribution in [1.82, 2.24) is 9.97 Å². The Hall–Kier alpha value is -4.18. The Kier molecular flexibility index (Phi) is 9.55. The first-order valence-electron chi connectivity index (χ1n) is 12.4. The molecule has 0 radical (unpaired) electrons. The van der Waals surface area contributed by atoms with Gasteiger partial charge in [0.05, 0.1) is 40.9 Å². The summed E-state index contributed by atoms with van der Waals surface area (Å²) in [6, 6.07) is 14.7. The summed E-state index contributed by atoms with van der Waals surface area (Å²) in [5, 5.41) is 8.97. The average molecular weight is 579 g/mol. The molecule has 2 aromatic carbocycles. The molecule has 206 valence electrons. The number of rotatable bonds is 9. The molecule has 0 unspecified atom stereocenters. The minimum atomic E-state index is -0.516. The first kappa shape index (κ1) is 28.8. The third-order valence-corrected chi connectivity index (χ3v) is 6.46. The third kappa shape index (κ3) is 7.26. The second kappa shape index (κ2) is 13.3. The fourth-order valence-electron chi connectivity index (χ4n) is 4.08. The molecule has 40 heavy (non-hydrogen) atoms. The Morgan fingerprint density at radius 3 is 2.38 bits per heavy atom. The minimum Gasteiger partial charge on any atom is -0.378 e. The Balaban J connectivity index is 1.62. The third-order valence-electron chi connectivity index (χ3n) is 5.93. The van der Waals surface area contributed by atoms with Crippen molar-refractivity contribution < 1.29 is 14.3 Å². The molecule has 0 aliphatic carbocycles. The maximum Gasteiger partial charge on any atom is 0.258 e. The lowest BCUT2D eigenvalue weighted by atomic mass is 10.1. The first-order valence-corrected chi connectivity index (χ1v) is 13.1. The van der Waals surface area contributed by atoms with Crippen molar-refractivity contribution in [2.75, 3.05) is 47.2 Å². The van der Waals surface area contributed by atoms with E-state index in [2.05, 4.69) is 44.0 Å². The number of halogens is 2. The van der Waals surface area contributed by atoms with Crippen molar-refractivity contribution in [3.8, 4) is 11.3 Å². The van der Waals surface area contributed by atoms with Gasteiger partial charge >= 0.3 is 0 Å². The minimum absolute atomic E-state index is 0.0000699. The zero-order valence-corrected chi connectivity index (χ0v) is 23.4. The van der Waals surface area contributed by atoms with Gasteiger partial charge < -0.3 is 25.6 Å². The van der Waals surface area contributed by atoms with Gasteiger partial charge in [0.15, 0.2) is 0 Å². The number of aromatic nitrogens is 2. The van der Waals surface area contributed by atoms with Gasteiger partial charge in [0, 0.05) is 48.2 Å². The van der Waals surface area contributed by atoms with E-state index in [4.69, 9.17) is 27.9 Å². The second-order valence-corrected chi connectivity index (χ2v) is 9.63. The van der Waals surface area contributed by atoms with Crippen LogP contribution in [0.2, 0.25) is 0 Å². The Morgan fingerprint density at radius 2 is 1.73 bits per heavy atom. The molecule has 0 bridgehead atoms. The topological polar surface area (TPSA) is 108 Å². The monoisotopic (exact) mass is 578 g/mol. The fourth-order valence-corrected chi connectivity index (χ4v) is 4.51. The molecule has 1 aliphatic heterocycles. The number of anilines is 5. The lowest BCUT2D eigenvalue weighted by Gasteiger charge is -2.31. The zero-order chi connectivity index (χ0) is 28.6. The van der Waals surface area contributed by atoms with Crippen LogP contribution in [0.4, 0.5) is 28.7 Å². The van der Waals surface area contributed by atoms with Crippen molar-refractivity contribution in [2.45, 2.75) is 6.92 Å². The highest BCUT2D eigenvalue weighted by atomic mass is 35.5. The summed E-state index contributed by atoms with van der Waals surface area (Å²) in [7, 11) is 0. The van der Waals surface area contributed by atoms with Gasteiger partial charge in [0.25, 0.3) is 5.91 Å². The molecular formula is C29H28Cl2N6O3. The van der Waals surface area contributed by atoms with E-state index >= 15 is 0 Å². The van der Waals surface area contributed by atoms with E-state index in [1.165, 1.54) is 13.0 Å². The van der Waals surface area contributed by atoms with Crippen molar-refractivity contribution in [2.24, 2.45) is 0 Å². The van der Waals surface area contributed by atoms with Gasteiger partial charge in [-0.15, -0.1) is 0 Å². The molecule has 3 aromatic rings. The van der Waals surface area contributed by atoms with Crippen LogP contribution < -0.4 is 20.9 Å². The van der Waals surface area contributed by atoms with Crippen LogP contribution >= 0.6 is 23.2 Å². The number of nitrogens with one attached hydrogen (secondary N) is 3. The molecule has 1 fully saturated rings. The Bertz CT molecular complexity index is 1470. The summed E-state index contributed by atoms with van der Waals surface area (Å²) >= 11 is 12.3. The van der Waals surface area contributed by atoms with Crippen LogP contribution in [0, 0.1) is 0 Å². The fraction of sp³-hybridized carbons (Fsp3) is 0.172. The average Bonchev–Trinajstić information content (AvgIpc) is 2.93. The van der Waals surface area contributed by atoms with E-state index in [0.29, 0.717) is 55.0 Å². The standard InChI is InChI=1S/C29H28Cl2N6O3/c1-4-23(31)27(18(2)30)28(39)35-25-17-22(9-10-26(25)37-13-15-40-16-14-37)34-29-32-12-11-24(36-29)20-5-7-21(8-6-20)33-19(3)38/h4-12,17H,1-2,13-16H2,3H3,(H,33,38)(H,35,39)(H,32,34,36)/b27-23-. The van der Waals surface area contributed by atoms with Crippen molar-refractivity contribution >= 4 is 63.7 Å². The number of hydrogen-bond acceptors (Lipinski definition) is 7. The number of carbonyl (C=O) groups is 2. The largest absolute Gasteiger partial charge is 0.378 e. The van der Waals surface area contributed by atoms with Gasteiger partial charge in [-0.25, -0.2) is 9.97 Å². The predicted molar refractivity (Wildman–Crippen MR) is 161 cm³/mol. The summed E-state index contributed by atoms with van der Waals surface area (Å²) in [6.07, 6.45) is 2.99. The van der Waals surface area contributed by atoms with Crippen LogP contribution in [0.3, 0.4) is 0 Å². The predicted octanol–water partition coefficient (Wildman–Crippen LogP) is 6.05. The van der Waals surface area contributed by atoms with E-state index < -0.39 is 5.91 Å². The smallest absolute Gasteiger partial charge is 0.258 e. The second-order valence-electron chi connectivity index (χ2n) is 8.77. The number of ether oxygens (including phenoxy) is 1. The molecule has 9 nitrogen and oxygen atoms in total. The maximum atomic E-state index is 13.2. The summed E-state index contributed by atoms with van der Waals surface area (Å²) in [5.41, 5.74) is 4.27. The van der Waals surface area contributed by atoms with Crippen LogP contribution in [0.5, 0.6) is 0 Å². The number of nitrogens with zero attached hydrogens (tertiary/aromatic N) is 3. The number of benzene rings is 2. The summed E-state index contributed by atoms with van der Waals surface area (Å²) < 4.78 is 5.49. The van der Waals surface area contributed by atoms with Gasteiger partial charge in [0.1, 0.15) is 0 Å². The molecule has 11 heteroatoms. The van der Waals surface area contributed by atoms with Crippen molar-refractivity contribution in [1.29, 1.82) is 0 Å². The molecule has 0 spiro atoms. The number of morpholine rings is 1. The number of hydrogen-bond donors (Lipinski definition) is 3. The molecule has 4 rings (SSSR count). The molecule has 3 N–H and O–H groups in total. The maximum absolute atomic E-state index is 13.2. The lowest BCUT2D eigenvalue weighted by molar-refractivity contribution is -0.114. The van der Waals surface area contributed by atoms with Gasteiger partial charge in [0.2, 0.25) is 11.9 Å². The van der Waals surface area contributed by atoms with E-state index in [1.807, 2.05) is 36.4 Å². The molecule has 2 amide bonds. The molecule has 2 heterocycles. The van der Waals surface area contributed by atoms with Crippen molar-refractivity contribution in [3.05, 3.63) is 89.6 Å². The summed E-state index contributed by atoms with van der Waals surface area (Å²) in [5.74, 6) is -0.290. The summed E-state index contributed by atoms with van der Waals surface area (Å²) in [6.45, 7) is 11.2. The Labute approximate surface area is 242 Å². The molecule has 0 atom stereocenters. The van der Waals surface area contributed by atoms with Gasteiger partial charge in [-0.1, -0.05) is 48.5 Å². The molecule has 1 aromatic heterocycles. The van der Waals surface area contributed by atoms with Gasteiger partial charge in [-0.2, -0.15) is 0 Å². The highest BCUT2D eigenvalue weighted by Gasteiger charge is 2.21. The highest BCUT2D eigenvalue weighted by molar-refractivity contribution is 6.41. The lowest BCUT2D eigenvalue weighted by Crippen LogP contribution is -2.36. The SMILES string of the molecule is C=C/C(Cl)=C(\C(=C)Cl)C(=O)Nc1cc(Nc2nccc(-c3ccc(NC(C)=O)cc3)n2)ccc1N1CCOCC1. The van der Waals surface area contributed by atoms with Gasteiger partial charge in [-0.05, 0) is 42.5 Å². The van der Waals surface area contributed by atoms with Crippen LogP contribution in [0.15, 0.2) is 89.6 Å². The highest BCUT2D eigenvalue weighted by Crippen LogP contribution is 2.33. The van der Waals surface area contributed by atoms with E-state index in [1.54, 1.807) is 18.3 Å². The normalized spacial score (nSPS) is 13.6. The molecular weight excluding hydrogens is 551 g/mol. The van der Waals surface area contributed by atoms with Crippen LogP contribution in [0.25, 0.3) is 11.3 Å². The van der Waals surface area contributed by atoms with E-state index in [9.17, 15) is 9.59 Å². The first-order chi connectivity index (χ1) is 19.2. The number of carbonyl (C=O) groups excluding carboxylic acids is 2. The number of amides is 2. The van der Waals surface area contributed by atoms with Gasteiger partial charge in [-0.3, -0.25) is 9.59 Å². The number of allylic oxidation sites excluding steroid dienone is 2. The van der Waals surface area contributed by atoms with E-state index in [-0.39, 0.29) is 21.5 Å². The van der Waals surface area contributed by atoms with Crippen LogP contribution in [-0.2, 0) is 14.3 Å². The van der Waals surface area contributed by atoms with Crippen LogP contribution in [0.1, 0.15) is 6.92 Å². The summed E-state index contributed by atoms with van der Waals surface area (Å²) in [4.78, 5) is 35.6. The molecule has 1 saturated heterocycles. The van der Waals surface area contributed by atoms with Crippen LogP contribution in [-0.4, -0.2) is 48.1 Å². The quantitative estimate of drug-likeness (QED) is 0.209. The Morgan fingerprint density at radius 1 is 1.02 bits per heavy atom.